The molecule has 140 valence electrons. The summed E-state index contributed by atoms with van der Waals surface area (Å²) in [5.74, 6) is 0.390. The molecule has 0 radical (unpaired) electrons. The van der Waals surface area contributed by atoms with E-state index >= 15 is 0 Å². The van der Waals surface area contributed by atoms with Gasteiger partial charge in [0.15, 0.2) is 6.61 Å². The lowest BCUT2D eigenvalue weighted by molar-refractivity contribution is -0.137. The summed E-state index contributed by atoms with van der Waals surface area (Å²) in [6.07, 6.45) is 2.55. The highest BCUT2D eigenvalue weighted by Gasteiger charge is 2.26. The molecule has 3 rings (SSSR count). The highest BCUT2D eigenvalue weighted by Crippen LogP contribution is 2.22. The predicted octanol–water partition coefficient (Wildman–Crippen LogP) is 2.47. The number of hydrogen-bond acceptors (Lipinski definition) is 4. The molecule has 1 aromatic carbocycles. The molecule has 0 spiro atoms. The minimum atomic E-state index is -0.518. The van der Waals surface area contributed by atoms with E-state index in [4.69, 9.17) is 4.74 Å². The maximum Gasteiger partial charge on any atom is 0.338 e. The smallest absolute Gasteiger partial charge is 0.338 e. The first-order valence-corrected chi connectivity index (χ1v) is 9.29. The van der Waals surface area contributed by atoms with Crippen molar-refractivity contribution in [1.82, 2.24) is 4.90 Å². The zero-order chi connectivity index (χ0) is 18.7. The van der Waals surface area contributed by atoms with E-state index in [2.05, 4.69) is 13.8 Å². The molecule has 0 aromatic heterocycles. The van der Waals surface area contributed by atoms with E-state index in [1.165, 1.54) is 0 Å². The molecule has 2 amide bonds. The monoisotopic (exact) mass is 358 g/mol. The van der Waals surface area contributed by atoms with Gasteiger partial charge in [0.05, 0.1) is 5.56 Å². The molecule has 6 nitrogen and oxygen atoms in total. The Morgan fingerprint density at radius 2 is 1.77 bits per heavy atom. The summed E-state index contributed by atoms with van der Waals surface area (Å²) in [6.45, 7) is 6.19. The van der Waals surface area contributed by atoms with Crippen molar-refractivity contribution in [2.24, 2.45) is 11.8 Å². The van der Waals surface area contributed by atoms with E-state index in [0.29, 0.717) is 30.4 Å². The van der Waals surface area contributed by atoms with Gasteiger partial charge in [-0.3, -0.25) is 9.59 Å². The second kappa shape index (κ2) is 7.89. The molecule has 26 heavy (non-hydrogen) atoms. The van der Waals surface area contributed by atoms with Crippen LogP contribution in [0.3, 0.4) is 0 Å². The molecular weight excluding hydrogens is 332 g/mol. The van der Waals surface area contributed by atoms with E-state index < -0.39 is 5.97 Å². The van der Waals surface area contributed by atoms with Gasteiger partial charge >= 0.3 is 5.97 Å². The normalized spacial score (nSPS) is 23.2. The lowest BCUT2D eigenvalue weighted by atomic mass is 9.92. The Kier molecular flexibility index (Phi) is 5.59. The Balaban J connectivity index is 1.53. The first-order valence-electron chi connectivity index (χ1n) is 9.29. The number of hydrogen-bond donors (Lipinski definition) is 0. The molecule has 6 heteroatoms. The van der Waals surface area contributed by atoms with Gasteiger partial charge in [0, 0.05) is 31.7 Å². The SMILES string of the molecule is C[C@H]1C[C@H](C)CN(C(=O)COC(=O)c2ccc(N3CCCC3=O)cc2)C1. The van der Waals surface area contributed by atoms with Crippen LogP contribution in [-0.4, -0.2) is 48.9 Å². The van der Waals surface area contributed by atoms with Crippen molar-refractivity contribution in [2.45, 2.75) is 33.1 Å². The number of likely N-dealkylation sites (tertiary alicyclic amines) is 1. The van der Waals surface area contributed by atoms with Gasteiger partial charge in [0.1, 0.15) is 0 Å². The van der Waals surface area contributed by atoms with Crippen LogP contribution in [-0.2, 0) is 14.3 Å². The van der Waals surface area contributed by atoms with Crippen LogP contribution in [0.2, 0.25) is 0 Å². The number of benzene rings is 1. The third-order valence-electron chi connectivity index (χ3n) is 5.04. The number of piperidine rings is 1. The molecule has 0 unspecified atom stereocenters. The highest BCUT2D eigenvalue weighted by atomic mass is 16.5. The molecule has 0 bridgehead atoms. The van der Waals surface area contributed by atoms with Gasteiger partial charge in [-0.25, -0.2) is 4.79 Å². The van der Waals surface area contributed by atoms with Crippen LogP contribution in [0.1, 0.15) is 43.5 Å². The van der Waals surface area contributed by atoms with Crippen molar-refractivity contribution in [2.75, 3.05) is 31.1 Å². The molecule has 1 aromatic rings. The Hall–Kier alpha value is -2.37. The van der Waals surface area contributed by atoms with E-state index in [1.54, 1.807) is 34.1 Å². The summed E-state index contributed by atoms with van der Waals surface area (Å²) in [5.41, 5.74) is 1.17. The van der Waals surface area contributed by atoms with Gasteiger partial charge in [-0.05, 0) is 48.9 Å². The van der Waals surface area contributed by atoms with E-state index in [9.17, 15) is 14.4 Å². The van der Waals surface area contributed by atoms with Gasteiger partial charge in [0.25, 0.3) is 5.91 Å². The number of carbonyl (C=O) groups excluding carboxylic acids is 3. The second-order valence-electron chi connectivity index (χ2n) is 7.52. The lowest BCUT2D eigenvalue weighted by Crippen LogP contribution is -2.44. The van der Waals surface area contributed by atoms with Gasteiger partial charge < -0.3 is 14.5 Å². The molecule has 0 N–H and O–H groups in total. The van der Waals surface area contributed by atoms with E-state index in [-0.39, 0.29) is 18.4 Å². The first kappa shape index (κ1) is 18.4. The number of amides is 2. The summed E-state index contributed by atoms with van der Waals surface area (Å²) < 4.78 is 5.19. The molecule has 2 saturated heterocycles. The summed E-state index contributed by atoms with van der Waals surface area (Å²) in [6, 6.07) is 6.77. The Morgan fingerprint density at radius 1 is 1.12 bits per heavy atom. The first-order chi connectivity index (χ1) is 12.4. The quantitative estimate of drug-likeness (QED) is 0.776. The maximum atomic E-state index is 12.3. The minimum absolute atomic E-state index is 0.107. The topological polar surface area (TPSA) is 66.9 Å². The molecule has 2 heterocycles. The number of anilines is 1. The molecule has 2 aliphatic rings. The molecule has 0 saturated carbocycles. The maximum absolute atomic E-state index is 12.3. The van der Waals surface area contributed by atoms with E-state index in [0.717, 1.165) is 31.6 Å². The van der Waals surface area contributed by atoms with Gasteiger partial charge in [0.2, 0.25) is 5.91 Å². The molecule has 2 aliphatic heterocycles. The fourth-order valence-electron chi connectivity index (χ4n) is 3.87. The van der Waals surface area contributed by atoms with Gasteiger partial charge in [-0.2, -0.15) is 0 Å². The summed E-state index contributed by atoms with van der Waals surface area (Å²) in [7, 11) is 0. The number of carbonyl (C=O) groups is 3. The van der Waals surface area contributed by atoms with Crippen LogP contribution < -0.4 is 4.90 Å². The summed E-state index contributed by atoms with van der Waals surface area (Å²) in [5, 5.41) is 0. The van der Waals surface area contributed by atoms with Crippen LogP contribution >= 0.6 is 0 Å². The van der Waals surface area contributed by atoms with Crippen LogP contribution in [0.25, 0.3) is 0 Å². The number of ether oxygens (including phenoxy) is 1. The Morgan fingerprint density at radius 3 is 2.35 bits per heavy atom. The van der Waals surface area contributed by atoms with E-state index in [1.807, 2.05) is 0 Å². The fraction of sp³-hybridized carbons (Fsp3) is 0.550. The van der Waals surface area contributed by atoms with Crippen molar-refractivity contribution in [3.05, 3.63) is 29.8 Å². The molecule has 2 fully saturated rings. The second-order valence-corrected chi connectivity index (χ2v) is 7.52. The predicted molar refractivity (Wildman–Crippen MR) is 97.8 cm³/mol. The summed E-state index contributed by atoms with van der Waals surface area (Å²) >= 11 is 0. The lowest BCUT2D eigenvalue weighted by Gasteiger charge is -2.34. The number of esters is 1. The third-order valence-corrected chi connectivity index (χ3v) is 5.04. The average molecular weight is 358 g/mol. The highest BCUT2D eigenvalue weighted by molar-refractivity contribution is 5.96. The van der Waals surface area contributed by atoms with Gasteiger partial charge in [-0.1, -0.05) is 13.8 Å². The van der Waals surface area contributed by atoms with Crippen LogP contribution in [0.15, 0.2) is 24.3 Å². The average Bonchev–Trinajstić information content (AvgIpc) is 3.04. The standard InChI is InChI=1S/C20H26N2O4/c1-14-10-15(2)12-21(11-14)19(24)13-26-20(25)16-5-7-17(8-6-16)22-9-3-4-18(22)23/h5-8,14-15H,3-4,9-13H2,1-2H3/t14-,15-/m0/s1. The Labute approximate surface area is 154 Å². The van der Waals surface area contributed by atoms with Crippen molar-refractivity contribution in [3.8, 4) is 0 Å². The van der Waals surface area contributed by atoms with Crippen molar-refractivity contribution < 1.29 is 19.1 Å². The zero-order valence-electron chi connectivity index (χ0n) is 15.4. The minimum Gasteiger partial charge on any atom is -0.452 e. The molecule has 0 aliphatic carbocycles. The third kappa shape index (κ3) is 4.23. The molecular formula is C20H26N2O4. The van der Waals surface area contributed by atoms with Crippen LogP contribution in [0.4, 0.5) is 5.69 Å². The molecule has 2 atom stereocenters. The fourth-order valence-corrected chi connectivity index (χ4v) is 3.87. The van der Waals surface area contributed by atoms with Crippen molar-refractivity contribution in [3.63, 3.8) is 0 Å². The van der Waals surface area contributed by atoms with Crippen LogP contribution in [0.5, 0.6) is 0 Å². The van der Waals surface area contributed by atoms with Crippen molar-refractivity contribution >= 4 is 23.5 Å². The number of rotatable bonds is 4. The van der Waals surface area contributed by atoms with Crippen molar-refractivity contribution in [1.29, 1.82) is 0 Å². The Bertz CT molecular complexity index is 676. The zero-order valence-corrected chi connectivity index (χ0v) is 15.4. The number of nitrogens with zero attached hydrogens (tertiary/aromatic N) is 2. The largest absolute Gasteiger partial charge is 0.452 e. The van der Waals surface area contributed by atoms with Gasteiger partial charge in [-0.15, -0.1) is 0 Å². The summed E-state index contributed by atoms with van der Waals surface area (Å²) in [4.78, 5) is 39.7. The van der Waals surface area contributed by atoms with Crippen LogP contribution in [0, 0.1) is 11.8 Å².